The Bertz CT molecular complexity index is 1010. The first-order valence-electron chi connectivity index (χ1n) is 8.66. The van der Waals surface area contributed by atoms with Gasteiger partial charge in [0, 0.05) is 5.56 Å². The summed E-state index contributed by atoms with van der Waals surface area (Å²) >= 11 is 0. The summed E-state index contributed by atoms with van der Waals surface area (Å²) in [5.41, 5.74) is 6.02. The quantitative estimate of drug-likeness (QED) is 0.327. The summed E-state index contributed by atoms with van der Waals surface area (Å²) in [4.78, 5) is 12.5. The summed E-state index contributed by atoms with van der Waals surface area (Å²) in [6.45, 7) is 0.721. The second kappa shape index (κ2) is 9.14. The number of hydrogen-bond acceptors (Lipinski definition) is 4. The lowest BCUT2D eigenvalue weighted by atomic mass is 10.0. The third kappa shape index (κ3) is 4.75. The zero-order valence-electron chi connectivity index (χ0n) is 15.0. The van der Waals surface area contributed by atoms with Crippen molar-refractivity contribution in [3.63, 3.8) is 0 Å². The van der Waals surface area contributed by atoms with Crippen molar-refractivity contribution in [3.8, 4) is 11.1 Å². The van der Waals surface area contributed by atoms with Crippen LogP contribution >= 0.6 is 0 Å². The molecule has 0 saturated heterocycles. The highest BCUT2D eigenvalue weighted by atomic mass is 79.9. The fourth-order valence-corrected chi connectivity index (χ4v) is 2.79. The molecule has 2 heterocycles. The number of nitrogens with one attached hydrogen (secondary N) is 1. The van der Waals surface area contributed by atoms with E-state index in [1.165, 1.54) is 0 Å². The normalized spacial score (nSPS) is 10.3. The second-order valence-electron chi connectivity index (χ2n) is 6.13. The van der Waals surface area contributed by atoms with Gasteiger partial charge < -0.3 is 21.4 Å². The molecule has 4 rings (SSSR count). The van der Waals surface area contributed by atoms with Crippen molar-refractivity contribution < 1.29 is 30.9 Å². The smallest absolute Gasteiger partial charge is 0.289 e. The maximum Gasteiger partial charge on any atom is 0.289 e. The fraction of sp³-hybridized carbons (Fsp3) is 0.0952. The standard InChI is InChI=1S/C21H19N4O2.BrH/c26-21(19-10-8-18(9-11-19)17-5-2-1-3-6-17)14-24-16-25(15-23-24)22-13-20-7-4-12-27-20;/h1-12,15-16,22H,13-14H2;1H/q+1;/p-1. The zero-order chi connectivity index (χ0) is 18.5. The van der Waals surface area contributed by atoms with Gasteiger partial charge in [-0.3, -0.25) is 4.79 Å². The molecule has 0 aliphatic rings. The van der Waals surface area contributed by atoms with Crippen molar-refractivity contribution in [2.24, 2.45) is 0 Å². The van der Waals surface area contributed by atoms with Crippen LogP contribution in [0.3, 0.4) is 0 Å². The Morgan fingerprint density at radius 2 is 1.75 bits per heavy atom. The van der Waals surface area contributed by atoms with Crippen LogP contribution in [0.5, 0.6) is 0 Å². The lowest BCUT2D eigenvalue weighted by Gasteiger charge is -2.03. The average molecular weight is 439 g/mol. The highest BCUT2D eigenvalue weighted by Gasteiger charge is 2.13. The Morgan fingerprint density at radius 1 is 1.00 bits per heavy atom. The van der Waals surface area contributed by atoms with Gasteiger partial charge in [0.2, 0.25) is 12.1 Å². The Balaban J connectivity index is 0.00000225. The predicted molar refractivity (Wildman–Crippen MR) is 100 cm³/mol. The molecule has 7 heteroatoms. The minimum atomic E-state index is 0. The van der Waals surface area contributed by atoms with Gasteiger partial charge in [-0.25, -0.2) is 5.43 Å². The van der Waals surface area contributed by atoms with E-state index in [2.05, 4.69) is 22.7 Å². The first kappa shape index (κ1) is 19.6. The number of furan rings is 1. The van der Waals surface area contributed by atoms with Gasteiger partial charge in [0.15, 0.2) is 6.54 Å². The Kier molecular flexibility index (Phi) is 6.39. The summed E-state index contributed by atoms with van der Waals surface area (Å²) in [6, 6.07) is 21.5. The number of aromatic nitrogens is 3. The molecule has 0 bridgehead atoms. The third-order valence-corrected chi connectivity index (χ3v) is 4.22. The van der Waals surface area contributed by atoms with Crippen LogP contribution in [0.15, 0.2) is 90.1 Å². The molecule has 4 aromatic rings. The van der Waals surface area contributed by atoms with Gasteiger partial charge in [-0.05, 0) is 28.4 Å². The predicted octanol–water partition coefficient (Wildman–Crippen LogP) is 0.0612. The number of rotatable bonds is 7. The highest BCUT2D eigenvalue weighted by Crippen LogP contribution is 2.19. The Labute approximate surface area is 173 Å². The van der Waals surface area contributed by atoms with Crippen LogP contribution < -0.4 is 27.1 Å². The molecule has 1 N–H and O–H groups in total. The molecule has 2 aromatic carbocycles. The topological polar surface area (TPSA) is 63.9 Å². The SMILES string of the molecule is O=C(C[n+]1cn(NCc2ccco2)cn1)c1ccc(-c2ccccc2)cc1.[Br-]. The molecular formula is C21H19BrN4O2. The molecule has 0 saturated carbocycles. The average Bonchev–Trinajstić information content (AvgIpc) is 3.39. The summed E-state index contributed by atoms with van der Waals surface area (Å²) in [5, 5.41) is 4.21. The molecule has 0 aliphatic heterocycles. The van der Waals surface area contributed by atoms with Gasteiger partial charge in [0.1, 0.15) is 12.3 Å². The minimum Gasteiger partial charge on any atom is -1.00 e. The van der Waals surface area contributed by atoms with Crippen LogP contribution in [0.1, 0.15) is 16.1 Å². The second-order valence-corrected chi connectivity index (χ2v) is 6.13. The molecule has 2 aromatic heterocycles. The molecule has 0 fully saturated rings. The fourth-order valence-electron chi connectivity index (χ4n) is 2.79. The maximum absolute atomic E-state index is 12.5. The van der Waals surface area contributed by atoms with Crippen molar-refractivity contribution in [2.75, 3.05) is 5.43 Å². The van der Waals surface area contributed by atoms with Crippen LogP contribution in [0, 0.1) is 0 Å². The third-order valence-electron chi connectivity index (χ3n) is 4.22. The van der Waals surface area contributed by atoms with E-state index in [-0.39, 0.29) is 29.3 Å². The summed E-state index contributed by atoms with van der Waals surface area (Å²) < 4.78 is 8.57. The van der Waals surface area contributed by atoms with Crippen LogP contribution in [0.2, 0.25) is 0 Å². The van der Waals surface area contributed by atoms with E-state index in [1.54, 1.807) is 28.3 Å². The number of carbonyl (C=O) groups is 1. The van der Waals surface area contributed by atoms with Gasteiger partial charge in [-0.1, -0.05) is 54.6 Å². The van der Waals surface area contributed by atoms with E-state index in [0.29, 0.717) is 12.1 Å². The minimum absolute atomic E-state index is 0. The molecule has 0 atom stereocenters. The van der Waals surface area contributed by atoms with Crippen molar-refractivity contribution in [1.82, 2.24) is 9.77 Å². The van der Waals surface area contributed by atoms with Gasteiger partial charge in [-0.2, -0.15) is 0 Å². The van der Waals surface area contributed by atoms with Crippen LogP contribution in [0.25, 0.3) is 11.1 Å². The summed E-state index contributed by atoms with van der Waals surface area (Å²) in [7, 11) is 0. The molecule has 0 radical (unpaired) electrons. The van der Waals surface area contributed by atoms with Crippen molar-refractivity contribution >= 4 is 5.78 Å². The van der Waals surface area contributed by atoms with Crippen molar-refractivity contribution in [1.29, 1.82) is 0 Å². The number of nitrogens with zero attached hydrogens (tertiary/aromatic N) is 3. The summed E-state index contributed by atoms with van der Waals surface area (Å²) in [5.74, 6) is 0.834. The van der Waals surface area contributed by atoms with E-state index in [0.717, 1.165) is 16.9 Å². The molecule has 0 amide bonds. The van der Waals surface area contributed by atoms with E-state index in [4.69, 9.17) is 4.42 Å². The van der Waals surface area contributed by atoms with Crippen molar-refractivity contribution in [3.05, 3.63) is 97.0 Å². The summed E-state index contributed by atoms with van der Waals surface area (Å²) in [6.07, 6.45) is 4.99. The van der Waals surface area contributed by atoms with Crippen LogP contribution in [-0.4, -0.2) is 15.6 Å². The van der Waals surface area contributed by atoms with Crippen LogP contribution in [-0.2, 0) is 13.1 Å². The Morgan fingerprint density at radius 3 is 2.46 bits per heavy atom. The first-order valence-corrected chi connectivity index (χ1v) is 8.66. The molecule has 0 spiro atoms. The lowest BCUT2D eigenvalue weighted by molar-refractivity contribution is -0.739. The number of hydrogen-bond donors (Lipinski definition) is 1. The molecule has 0 unspecified atom stereocenters. The Hall–Kier alpha value is -3.19. The van der Waals surface area contributed by atoms with E-state index >= 15 is 0 Å². The van der Waals surface area contributed by atoms with Gasteiger partial charge in [0.05, 0.1) is 6.26 Å². The molecule has 28 heavy (non-hydrogen) atoms. The first-order chi connectivity index (χ1) is 13.3. The monoisotopic (exact) mass is 438 g/mol. The van der Waals surface area contributed by atoms with E-state index in [9.17, 15) is 4.79 Å². The van der Waals surface area contributed by atoms with E-state index < -0.39 is 0 Å². The largest absolute Gasteiger partial charge is 1.00 e. The van der Waals surface area contributed by atoms with Crippen LogP contribution in [0.4, 0.5) is 0 Å². The number of carbonyl (C=O) groups excluding carboxylic acids is 1. The number of ketones is 1. The van der Waals surface area contributed by atoms with E-state index in [1.807, 2.05) is 54.6 Å². The van der Waals surface area contributed by atoms with Crippen molar-refractivity contribution in [2.45, 2.75) is 13.1 Å². The number of benzene rings is 2. The van der Waals surface area contributed by atoms with Gasteiger partial charge in [-0.15, -0.1) is 9.36 Å². The molecule has 6 nitrogen and oxygen atoms in total. The molecule has 142 valence electrons. The zero-order valence-corrected chi connectivity index (χ0v) is 16.6. The molecular weight excluding hydrogens is 420 g/mol. The number of halogens is 1. The van der Waals surface area contributed by atoms with Gasteiger partial charge in [0.25, 0.3) is 6.33 Å². The maximum atomic E-state index is 12.5. The highest BCUT2D eigenvalue weighted by molar-refractivity contribution is 5.95. The number of Topliss-reactive ketones (excluding diaryl/α,β-unsaturated/α-hetero) is 1. The van der Waals surface area contributed by atoms with Gasteiger partial charge >= 0.3 is 0 Å². The lowest BCUT2D eigenvalue weighted by Crippen LogP contribution is -3.00. The molecule has 0 aliphatic carbocycles.